The topological polar surface area (TPSA) is 104 Å². The minimum atomic E-state index is -0.954. The zero-order chi connectivity index (χ0) is 13.4. The van der Waals surface area contributed by atoms with Crippen LogP contribution in [0.1, 0.15) is 19.8 Å². The van der Waals surface area contributed by atoms with Gasteiger partial charge in [0.15, 0.2) is 0 Å². The van der Waals surface area contributed by atoms with Crippen LogP contribution in [0.4, 0.5) is 9.93 Å². The van der Waals surface area contributed by atoms with Crippen molar-refractivity contribution >= 4 is 40.4 Å². The third-order valence-corrected chi connectivity index (χ3v) is 3.49. The molecule has 0 aliphatic heterocycles. The number of aromatic nitrogens is 2. The monoisotopic (exact) mass is 290 g/mol. The summed E-state index contributed by atoms with van der Waals surface area (Å²) in [5, 5.41) is 14.4. The van der Waals surface area contributed by atoms with Crippen molar-refractivity contribution in [1.29, 1.82) is 0 Å². The molecule has 0 aliphatic rings. The fourth-order valence-corrected chi connectivity index (χ4v) is 2.33. The lowest BCUT2D eigenvalue weighted by Crippen LogP contribution is -2.30. The second kappa shape index (κ2) is 7.88. The molecule has 0 aromatic carbocycles. The summed E-state index contributed by atoms with van der Waals surface area (Å²) in [6.45, 7) is 2.14. The molecule has 0 unspecified atom stereocenters. The molecule has 0 bridgehead atoms. The van der Waals surface area contributed by atoms with Gasteiger partial charge in [0, 0.05) is 23.8 Å². The smallest absolute Gasteiger partial charge is 0.321 e. The van der Waals surface area contributed by atoms with Crippen LogP contribution in [0.15, 0.2) is 5.16 Å². The number of hydrogen-bond donors (Lipinski definition) is 3. The molecule has 1 heterocycles. The quantitative estimate of drug-likeness (QED) is 0.659. The van der Waals surface area contributed by atoms with Crippen molar-refractivity contribution in [3.05, 3.63) is 0 Å². The molecule has 1 aromatic heterocycles. The van der Waals surface area contributed by atoms with E-state index in [0.717, 1.165) is 23.7 Å². The van der Waals surface area contributed by atoms with Gasteiger partial charge in [0.2, 0.25) is 10.3 Å². The van der Waals surface area contributed by atoms with E-state index in [1.54, 1.807) is 0 Å². The van der Waals surface area contributed by atoms with Crippen LogP contribution < -0.4 is 10.6 Å². The zero-order valence-corrected chi connectivity index (χ0v) is 11.4. The summed E-state index contributed by atoms with van der Waals surface area (Å²) < 4.78 is 4.07. The number of carboxylic acids is 1. The molecule has 100 valence electrons. The fraction of sp³-hybridized carbons (Fsp3) is 0.556. The summed E-state index contributed by atoms with van der Waals surface area (Å²) >= 11 is 2.63. The molecule has 0 fully saturated rings. The van der Waals surface area contributed by atoms with Gasteiger partial charge in [-0.25, -0.2) is 4.79 Å². The van der Waals surface area contributed by atoms with Gasteiger partial charge in [-0.3, -0.25) is 10.1 Å². The van der Waals surface area contributed by atoms with Gasteiger partial charge in [-0.1, -0.05) is 18.7 Å². The second-order valence-corrected chi connectivity index (χ2v) is 5.07. The first-order valence-corrected chi connectivity index (χ1v) is 7.11. The number of carbonyl (C=O) groups is 2. The highest BCUT2D eigenvalue weighted by molar-refractivity contribution is 7.99. The maximum absolute atomic E-state index is 11.3. The highest BCUT2D eigenvalue weighted by Gasteiger charge is 2.08. The van der Waals surface area contributed by atoms with Crippen LogP contribution in [-0.2, 0) is 4.79 Å². The Balaban J connectivity index is 2.30. The molecular weight excluding hydrogens is 276 g/mol. The molecule has 1 rings (SSSR count). The average molecular weight is 290 g/mol. The van der Waals surface area contributed by atoms with Gasteiger partial charge in [-0.05, 0) is 6.42 Å². The minimum absolute atomic E-state index is 0.0808. The van der Waals surface area contributed by atoms with Crippen molar-refractivity contribution < 1.29 is 14.7 Å². The fourth-order valence-electron chi connectivity index (χ4n) is 0.937. The Bertz CT molecular complexity index is 410. The molecule has 2 amide bonds. The highest BCUT2D eigenvalue weighted by Crippen LogP contribution is 2.20. The number of nitrogens with zero attached hydrogens (tertiary/aromatic N) is 2. The largest absolute Gasteiger partial charge is 0.481 e. The van der Waals surface area contributed by atoms with E-state index in [1.807, 2.05) is 0 Å². The molecule has 7 nitrogen and oxygen atoms in total. The summed E-state index contributed by atoms with van der Waals surface area (Å²) in [6, 6.07) is -0.473. The van der Waals surface area contributed by atoms with Crippen LogP contribution in [0.2, 0.25) is 0 Å². The molecule has 0 aliphatic carbocycles. The van der Waals surface area contributed by atoms with Crippen molar-refractivity contribution in [1.82, 2.24) is 14.7 Å². The van der Waals surface area contributed by atoms with Crippen molar-refractivity contribution in [3.63, 3.8) is 0 Å². The average Bonchev–Trinajstić information content (AvgIpc) is 2.73. The molecule has 0 saturated heterocycles. The molecule has 1 aromatic rings. The van der Waals surface area contributed by atoms with E-state index in [2.05, 4.69) is 26.9 Å². The molecule has 0 spiro atoms. The molecule has 0 radical (unpaired) electrons. The number of hydrogen-bond acceptors (Lipinski definition) is 6. The SMILES string of the molecule is CCCSc1nsc(NC(=O)NCCC(=O)O)n1. The van der Waals surface area contributed by atoms with Crippen molar-refractivity contribution in [3.8, 4) is 0 Å². The van der Waals surface area contributed by atoms with E-state index in [4.69, 9.17) is 5.11 Å². The molecule has 3 N–H and O–H groups in total. The normalized spacial score (nSPS) is 10.1. The van der Waals surface area contributed by atoms with Crippen molar-refractivity contribution in [2.45, 2.75) is 24.9 Å². The van der Waals surface area contributed by atoms with Crippen molar-refractivity contribution in [2.75, 3.05) is 17.6 Å². The first-order chi connectivity index (χ1) is 8.61. The van der Waals surface area contributed by atoms with Gasteiger partial charge in [-0.15, -0.1) is 0 Å². The Morgan fingerprint density at radius 1 is 1.50 bits per heavy atom. The number of rotatable bonds is 7. The number of carboxylic acid groups (broad SMARTS) is 1. The van der Waals surface area contributed by atoms with E-state index in [9.17, 15) is 9.59 Å². The van der Waals surface area contributed by atoms with Crippen LogP contribution in [0.5, 0.6) is 0 Å². The third kappa shape index (κ3) is 5.82. The highest BCUT2D eigenvalue weighted by atomic mass is 32.2. The van der Waals surface area contributed by atoms with Gasteiger partial charge in [0.1, 0.15) is 0 Å². The van der Waals surface area contributed by atoms with Crippen LogP contribution >= 0.6 is 23.3 Å². The van der Waals surface area contributed by atoms with Gasteiger partial charge in [0.25, 0.3) is 0 Å². The van der Waals surface area contributed by atoms with E-state index in [1.165, 1.54) is 11.8 Å². The Kier molecular flexibility index (Phi) is 6.44. The van der Waals surface area contributed by atoms with E-state index in [0.29, 0.717) is 10.3 Å². The number of amides is 2. The second-order valence-electron chi connectivity index (χ2n) is 3.26. The first-order valence-electron chi connectivity index (χ1n) is 5.35. The van der Waals surface area contributed by atoms with Crippen LogP contribution in [-0.4, -0.2) is 38.8 Å². The standard InChI is InChI=1S/C9H14N4O3S2/c1-2-5-17-9-12-8(18-13-9)11-7(16)10-4-3-6(14)15/h2-5H2,1H3,(H,14,15)(H2,10,11,12,13,16). The maximum Gasteiger partial charge on any atom is 0.321 e. The molecule has 0 saturated carbocycles. The number of thioether (sulfide) groups is 1. The maximum atomic E-state index is 11.3. The van der Waals surface area contributed by atoms with Gasteiger partial charge in [-0.2, -0.15) is 9.36 Å². The number of urea groups is 1. The summed E-state index contributed by atoms with van der Waals surface area (Å²) in [5.74, 6) is -0.0227. The Morgan fingerprint density at radius 2 is 2.28 bits per heavy atom. The lowest BCUT2D eigenvalue weighted by Gasteiger charge is -2.02. The molecule has 18 heavy (non-hydrogen) atoms. The van der Waals surface area contributed by atoms with Crippen LogP contribution in [0, 0.1) is 0 Å². The minimum Gasteiger partial charge on any atom is -0.481 e. The van der Waals surface area contributed by atoms with E-state index < -0.39 is 12.0 Å². The molecule has 0 atom stereocenters. The van der Waals surface area contributed by atoms with Gasteiger partial charge < -0.3 is 10.4 Å². The third-order valence-electron chi connectivity index (χ3n) is 1.69. The van der Waals surface area contributed by atoms with Crippen LogP contribution in [0.3, 0.4) is 0 Å². The van der Waals surface area contributed by atoms with E-state index in [-0.39, 0.29) is 13.0 Å². The molecular formula is C9H14N4O3S2. The van der Waals surface area contributed by atoms with Crippen molar-refractivity contribution in [2.24, 2.45) is 0 Å². The molecule has 9 heteroatoms. The summed E-state index contributed by atoms with van der Waals surface area (Å²) in [6.07, 6.45) is 0.920. The van der Waals surface area contributed by atoms with E-state index >= 15 is 0 Å². The lowest BCUT2D eigenvalue weighted by atomic mass is 10.4. The zero-order valence-electron chi connectivity index (χ0n) is 9.80. The van der Waals surface area contributed by atoms with Gasteiger partial charge >= 0.3 is 12.0 Å². The Morgan fingerprint density at radius 3 is 2.94 bits per heavy atom. The number of anilines is 1. The number of nitrogens with one attached hydrogen (secondary N) is 2. The van der Waals surface area contributed by atoms with Crippen LogP contribution in [0.25, 0.3) is 0 Å². The Labute approximate surface area is 113 Å². The lowest BCUT2D eigenvalue weighted by molar-refractivity contribution is -0.136. The predicted octanol–water partition coefficient (Wildman–Crippen LogP) is 1.64. The number of carbonyl (C=O) groups excluding carboxylic acids is 1. The summed E-state index contributed by atoms with van der Waals surface area (Å²) in [5.41, 5.74) is 0. The predicted molar refractivity (Wildman–Crippen MR) is 70.2 cm³/mol. The summed E-state index contributed by atoms with van der Waals surface area (Å²) in [7, 11) is 0. The first kappa shape index (κ1) is 14.7. The Hall–Kier alpha value is -1.35. The number of aliphatic carboxylic acids is 1. The van der Waals surface area contributed by atoms with Gasteiger partial charge in [0.05, 0.1) is 6.42 Å². The summed E-state index contributed by atoms with van der Waals surface area (Å²) in [4.78, 5) is 25.7.